The van der Waals surface area contributed by atoms with Gasteiger partial charge in [0.05, 0.1) is 35.1 Å². The molecular weight excluding hydrogens is 433 g/mol. The normalized spacial score (nSPS) is 17.5. The fourth-order valence-corrected chi connectivity index (χ4v) is 4.36. The maximum atomic E-state index is 14.6. The Balaban J connectivity index is 1.31. The lowest BCUT2D eigenvalue weighted by Gasteiger charge is -2.36. The van der Waals surface area contributed by atoms with E-state index in [2.05, 4.69) is 20.3 Å². The van der Waals surface area contributed by atoms with Gasteiger partial charge in [0.15, 0.2) is 11.6 Å². The monoisotopic (exact) mass is 455 g/mol. The fraction of sp³-hybridized carbons (Fsp3) is 0.429. The van der Waals surface area contributed by atoms with Crippen LogP contribution in [-0.4, -0.2) is 91.8 Å². The van der Waals surface area contributed by atoms with Crippen LogP contribution in [0.2, 0.25) is 0 Å². The van der Waals surface area contributed by atoms with E-state index in [-0.39, 0.29) is 47.2 Å². The van der Waals surface area contributed by atoms with Crippen molar-refractivity contribution < 1.29 is 23.5 Å². The lowest BCUT2D eigenvalue weighted by Crippen LogP contribution is -2.53. The maximum absolute atomic E-state index is 14.6. The lowest BCUT2D eigenvalue weighted by molar-refractivity contribution is -0.142. The highest BCUT2D eigenvalue weighted by Crippen LogP contribution is 2.26. The van der Waals surface area contributed by atoms with Gasteiger partial charge in [-0.3, -0.25) is 14.4 Å². The Labute approximate surface area is 187 Å². The predicted octanol–water partition coefficient (Wildman–Crippen LogP) is 0.563. The molecule has 2 fully saturated rings. The van der Waals surface area contributed by atoms with Gasteiger partial charge in [0, 0.05) is 51.5 Å². The second kappa shape index (κ2) is 8.70. The number of nitrogens with zero attached hydrogens (tertiary/aromatic N) is 6. The third-order valence-electron chi connectivity index (χ3n) is 6.17. The summed E-state index contributed by atoms with van der Waals surface area (Å²) < 4.78 is 21.3. The zero-order chi connectivity index (χ0) is 22.9. The topological polar surface area (TPSA) is 126 Å². The quantitative estimate of drug-likeness (QED) is 0.450. The van der Waals surface area contributed by atoms with Gasteiger partial charge >= 0.3 is 0 Å². The van der Waals surface area contributed by atoms with Crippen molar-refractivity contribution in [1.29, 1.82) is 0 Å². The Morgan fingerprint density at radius 2 is 1.82 bits per heavy atom. The van der Waals surface area contributed by atoms with Crippen molar-refractivity contribution in [1.82, 2.24) is 34.8 Å². The third kappa shape index (κ3) is 3.86. The molecule has 0 aromatic carbocycles. The summed E-state index contributed by atoms with van der Waals surface area (Å²) in [5, 5.41) is 7.53. The first-order valence-electron chi connectivity index (χ1n) is 10.8. The van der Waals surface area contributed by atoms with Crippen molar-refractivity contribution in [3.05, 3.63) is 36.2 Å². The molecule has 2 aliphatic heterocycles. The molecule has 11 nitrogen and oxygen atoms in total. The molecule has 2 amide bonds. The molecule has 0 unspecified atom stereocenters. The van der Waals surface area contributed by atoms with Crippen LogP contribution in [0.5, 0.6) is 0 Å². The molecule has 5 heterocycles. The van der Waals surface area contributed by atoms with Gasteiger partial charge in [0.25, 0.3) is 11.7 Å². The van der Waals surface area contributed by atoms with Crippen LogP contribution in [0.4, 0.5) is 4.39 Å². The number of hydrogen-bond donors (Lipinski definition) is 1. The van der Waals surface area contributed by atoms with Crippen LogP contribution in [-0.2, 0) is 14.3 Å². The van der Waals surface area contributed by atoms with Gasteiger partial charge in [-0.25, -0.2) is 14.1 Å². The standard InChI is InChI=1S/C21H22FN7O4/c22-15-12-24-19(29-4-3-25-26-29)17-16(15)14(11-23-17)18(30)21(32)28-7-5-27(6-8-28)20(31)13-1-9-33-10-2-13/h3-4,11-13,23H,1-2,5-10H2. The molecule has 0 aliphatic carbocycles. The minimum atomic E-state index is -0.819. The first-order valence-corrected chi connectivity index (χ1v) is 10.8. The Hall–Kier alpha value is -3.67. The molecular formula is C21H22FN7O4. The molecule has 0 atom stereocenters. The van der Waals surface area contributed by atoms with Crippen molar-refractivity contribution in [2.45, 2.75) is 12.8 Å². The number of aromatic amines is 1. The summed E-state index contributed by atoms with van der Waals surface area (Å²) in [6.07, 6.45) is 6.67. The average molecular weight is 455 g/mol. The van der Waals surface area contributed by atoms with Crippen LogP contribution < -0.4 is 0 Å². The second-order valence-electron chi connectivity index (χ2n) is 8.06. The van der Waals surface area contributed by atoms with E-state index in [9.17, 15) is 18.8 Å². The molecule has 0 spiro atoms. The zero-order valence-corrected chi connectivity index (χ0v) is 17.7. The van der Waals surface area contributed by atoms with E-state index < -0.39 is 17.5 Å². The summed E-state index contributed by atoms with van der Waals surface area (Å²) in [6, 6.07) is 0. The van der Waals surface area contributed by atoms with Gasteiger partial charge in [0.2, 0.25) is 5.91 Å². The molecule has 172 valence electrons. The molecule has 2 saturated heterocycles. The predicted molar refractivity (Wildman–Crippen MR) is 112 cm³/mol. The van der Waals surface area contributed by atoms with Gasteiger partial charge in [-0.05, 0) is 12.8 Å². The van der Waals surface area contributed by atoms with Crippen molar-refractivity contribution >= 4 is 28.5 Å². The fourth-order valence-electron chi connectivity index (χ4n) is 4.36. The maximum Gasteiger partial charge on any atom is 0.295 e. The number of nitrogens with one attached hydrogen (secondary N) is 1. The van der Waals surface area contributed by atoms with E-state index in [0.29, 0.717) is 39.1 Å². The summed E-state index contributed by atoms with van der Waals surface area (Å²) in [4.78, 5) is 48.6. The smallest absolute Gasteiger partial charge is 0.295 e. The van der Waals surface area contributed by atoms with Crippen LogP contribution in [0, 0.1) is 11.7 Å². The highest BCUT2D eigenvalue weighted by molar-refractivity contribution is 6.45. The number of ether oxygens (including phenoxy) is 1. The average Bonchev–Trinajstić information content (AvgIpc) is 3.55. The molecule has 3 aromatic rings. The van der Waals surface area contributed by atoms with Crippen LogP contribution in [0.15, 0.2) is 24.8 Å². The number of rotatable bonds is 4. The van der Waals surface area contributed by atoms with E-state index in [1.165, 1.54) is 28.2 Å². The van der Waals surface area contributed by atoms with Crippen LogP contribution >= 0.6 is 0 Å². The van der Waals surface area contributed by atoms with E-state index in [4.69, 9.17) is 4.74 Å². The number of fused-ring (bicyclic) bond motifs is 1. The first-order chi connectivity index (χ1) is 16.0. The van der Waals surface area contributed by atoms with E-state index in [1.807, 2.05) is 0 Å². The highest BCUT2D eigenvalue weighted by Gasteiger charge is 2.33. The third-order valence-corrected chi connectivity index (χ3v) is 6.17. The minimum Gasteiger partial charge on any atom is -0.381 e. The summed E-state index contributed by atoms with van der Waals surface area (Å²) in [5.41, 5.74) is 0.167. The molecule has 5 rings (SSSR count). The number of H-pyrrole nitrogens is 1. The number of amides is 2. The number of halogens is 1. The van der Waals surface area contributed by atoms with Gasteiger partial charge in [0.1, 0.15) is 0 Å². The van der Waals surface area contributed by atoms with Crippen LogP contribution in [0.25, 0.3) is 16.7 Å². The van der Waals surface area contributed by atoms with Crippen LogP contribution in [0.1, 0.15) is 23.2 Å². The molecule has 0 radical (unpaired) electrons. The molecule has 0 bridgehead atoms. The molecule has 2 aliphatic rings. The number of aromatic nitrogens is 5. The molecule has 1 N–H and O–H groups in total. The van der Waals surface area contributed by atoms with E-state index >= 15 is 0 Å². The second-order valence-corrected chi connectivity index (χ2v) is 8.06. The summed E-state index contributed by atoms with van der Waals surface area (Å²) in [5.74, 6) is -1.99. The summed E-state index contributed by atoms with van der Waals surface area (Å²) in [6.45, 7) is 2.37. The summed E-state index contributed by atoms with van der Waals surface area (Å²) >= 11 is 0. The van der Waals surface area contributed by atoms with Gasteiger partial charge in [-0.1, -0.05) is 5.21 Å². The first kappa shape index (κ1) is 21.2. The zero-order valence-electron chi connectivity index (χ0n) is 17.7. The van der Waals surface area contributed by atoms with Gasteiger partial charge in [-0.15, -0.1) is 5.10 Å². The molecule has 12 heteroatoms. The molecule has 33 heavy (non-hydrogen) atoms. The number of pyridine rings is 1. The molecule has 0 saturated carbocycles. The SMILES string of the molecule is O=C(C(=O)N1CCN(C(=O)C2CCOCC2)CC1)c1c[nH]c2c(-n3ccnn3)ncc(F)c12. The Morgan fingerprint density at radius 1 is 1.09 bits per heavy atom. The number of carbonyl (C=O) groups is 3. The number of Topliss-reactive ketones (excluding diaryl/α,β-unsaturated/α-hetero) is 1. The van der Waals surface area contributed by atoms with E-state index in [1.54, 1.807) is 4.90 Å². The number of carbonyl (C=O) groups excluding carboxylic acids is 3. The van der Waals surface area contributed by atoms with Gasteiger partial charge in [-0.2, -0.15) is 0 Å². The van der Waals surface area contributed by atoms with Crippen LogP contribution in [0.3, 0.4) is 0 Å². The number of hydrogen-bond acceptors (Lipinski definition) is 7. The van der Waals surface area contributed by atoms with Crippen molar-refractivity contribution in [2.24, 2.45) is 5.92 Å². The Kier molecular flexibility index (Phi) is 5.58. The Morgan fingerprint density at radius 3 is 2.52 bits per heavy atom. The van der Waals surface area contributed by atoms with Crippen molar-refractivity contribution in [2.75, 3.05) is 39.4 Å². The van der Waals surface area contributed by atoms with Crippen molar-refractivity contribution in [3.63, 3.8) is 0 Å². The minimum absolute atomic E-state index is 0.0258. The van der Waals surface area contributed by atoms with E-state index in [0.717, 1.165) is 6.20 Å². The molecule has 3 aromatic heterocycles. The number of piperazine rings is 1. The summed E-state index contributed by atoms with van der Waals surface area (Å²) in [7, 11) is 0. The largest absolute Gasteiger partial charge is 0.381 e. The Bertz CT molecular complexity index is 1190. The highest BCUT2D eigenvalue weighted by atomic mass is 19.1. The van der Waals surface area contributed by atoms with Gasteiger partial charge < -0.3 is 19.5 Å². The lowest BCUT2D eigenvalue weighted by atomic mass is 9.98. The number of ketones is 1. The van der Waals surface area contributed by atoms with Crippen molar-refractivity contribution in [3.8, 4) is 5.82 Å².